The molecule has 0 aliphatic carbocycles. The van der Waals surface area contributed by atoms with Gasteiger partial charge in [0.25, 0.3) is 0 Å². The SMILES string of the molecule is CN1C(=O)C2CN(Cc3c2c2cc(OCN4CCOCC4)ccc2n3Cc2ccc(C(=O)OI)cc2)C1=O. The number of urea groups is 1. The zero-order valence-electron chi connectivity index (χ0n) is 20.9. The third kappa shape index (κ3) is 4.41. The number of aromatic nitrogens is 1. The summed E-state index contributed by atoms with van der Waals surface area (Å²) in [5, 5.41) is 0.963. The number of carbonyl (C=O) groups is 3. The van der Waals surface area contributed by atoms with E-state index in [1.54, 1.807) is 47.1 Å². The number of ether oxygens (including phenoxy) is 2. The highest BCUT2D eigenvalue weighted by molar-refractivity contribution is 14.1. The third-order valence-electron chi connectivity index (χ3n) is 7.58. The van der Waals surface area contributed by atoms with Crippen LogP contribution < -0.4 is 4.74 Å². The lowest BCUT2D eigenvalue weighted by Crippen LogP contribution is -2.56. The Morgan fingerprint density at radius 3 is 2.61 bits per heavy atom. The van der Waals surface area contributed by atoms with Crippen LogP contribution in [0, 0.1) is 0 Å². The van der Waals surface area contributed by atoms with Gasteiger partial charge in [0.2, 0.25) is 5.91 Å². The second-order valence-electron chi connectivity index (χ2n) is 9.80. The molecule has 38 heavy (non-hydrogen) atoms. The van der Waals surface area contributed by atoms with Crippen LogP contribution in [0.4, 0.5) is 4.79 Å². The van der Waals surface area contributed by atoms with Crippen molar-refractivity contribution in [2.45, 2.75) is 19.0 Å². The van der Waals surface area contributed by atoms with Crippen LogP contribution in [0.25, 0.3) is 10.9 Å². The van der Waals surface area contributed by atoms with E-state index in [1.165, 1.54) is 4.90 Å². The predicted molar refractivity (Wildman–Crippen MR) is 146 cm³/mol. The van der Waals surface area contributed by atoms with Gasteiger partial charge in [0.15, 0.2) is 23.0 Å². The van der Waals surface area contributed by atoms with Crippen LogP contribution in [-0.4, -0.2) is 83.8 Å². The first-order valence-corrected chi connectivity index (χ1v) is 13.4. The van der Waals surface area contributed by atoms with Crippen LogP contribution in [0.15, 0.2) is 42.5 Å². The van der Waals surface area contributed by atoms with Gasteiger partial charge < -0.3 is 22.0 Å². The summed E-state index contributed by atoms with van der Waals surface area (Å²) in [5.74, 6) is -0.277. The first kappa shape index (κ1) is 25.1. The van der Waals surface area contributed by atoms with Gasteiger partial charge in [-0.3, -0.25) is 14.6 Å². The van der Waals surface area contributed by atoms with Crippen LogP contribution in [0.1, 0.15) is 33.1 Å². The quantitative estimate of drug-likeness (QED) is 0.386. The molecule has 10 nitrogen and oxygen atoms in total. The number of benzene rings is 2. The lowest BCUT2D eigenvalue weighted by molar-refractivity contribution is -0.132. The molecule has 1 unspecified atom stereocenters. The summed E-state index contributed by atoms with van der Waals surface area (Å²) in [6, 6.07) is 13.0. The topological polar surface area (TPSA) is 93.6 Å². The number of likely N-dealkylation sites (N-methyl/N-ethyl adjacent to an activating group) is 1. The normalized spacial score (nSPS) is 19.6. The molecule has 3 aromatic rings. The number of hydrogen-bond acceptors (Lipinski definition) is 7. The minimum atomic E-state index is -0.430. The average molecular weight is 630 g/mol. The number of morpholine rings is 1. The minimum Gasteiger partial charge on any atom is -0.478 e. The second kappa shape index (κ2) is 10.2. The molecular weight excluding hydrogens is 603 g/mol. The molecule has 2 fully saturated rings. The Morgan fingerprint density at radius 2 is 1.87 bits per heavy atom. The molecule has 3 aliphatic heterocycles. The van der Waals surface area contributed by atoms with Gasteiger partial charge in [0.05, 0.1) is 31.2 Å². The Kier molecular flexibility index (Phi) is 6.74. The maximum Gasteiger partial charge on any atom is 0.347 e. The van der Waals surface area contributed by atoms with E-state index >= 15 is 0 Å². The number of nitrogens with zero attached hydrogens (tertiary/aromatic N) is 4. The van der Waals surface area contributed by atoms with E-state index < -0.39 is 11.9 Å². The highest BCUT2D eigenvalue weighted by Crippen LogP contribution is 2.41. The molecule has 0 saturated carbocycles. The number of amides is 3. The number of rotatable bonds is 6. The van der Waals surface area contributed by atoms with E-state index in [2.05, 4.69) is 9.47 Å². The summed E-state index contributed by atoms with van der Waals surface area (Å²) in [4.78, 5) is 43.1. The van der Waals surface area contributed by atoms with Crippen molar-refractivity contribution >= 4 is 51.8 Å². The van der Waals surface area contributed by atoms with Crippen molar-refractivity contribution in [3.63, 3.8) is 0 Å². The minimum absolute atomic E-state index is 0.187. The number of fused-ring (bicyclic) bond motifs is 6. The van der Waals surface area contributed by atoms with E-state index in [9.17, 15) is 14.4 Å². The fraction of sp³-hybridized carbons (Fsp3) is 0.370. The molecule has 1 aromatic heterocycles. The van der Waals surface area contributed by atoms with Gasteiger partial charge >= 0.3 is 12.0 Å². The van der Waals surface area contributed by atoms with E-state index in [0.717, 1.165) is 46.6 Å². The number of hydrogen-bond donors (Lipinski definition) is 0. The highest BCUT2D eigenvalue weighted by atomic mass is 127. The lowest BCUT2D eigenvalue weighted by atomic mass is 9.89. The highest BCUT2D eigenvalue weighted by Gasteiger charge is 2.44. The molecule has 0 radical (unpaired) electrons. The Balaban J connectivity index is 1.39. The number of halogens is 1. The molecule has 11 heteroatoms. The summed E-state index contributed by atoms with van der Waals surface area (Å²) in [7, 11) is 1.55. The number of carbonyl (C=O) groups excluding carboxylic acids is 3. The van der Waals surface area contributed by atoms with E-state index in [1.807, 2.05) is 30.3 Å². The monoisotopic (exact) mass is 630 g/mol. The van der Waals surface area contributed by atoms with Crippen molar-refractivity contribution < 1.29 is 26.9 Å². The molecule has 2 bridgehead atoms. The number of imide groups is 1. The van der Waals surface area contributed by atoms with Crippen LogP contribution in [0.2, 0.25) is 0 Å². The lowest BCUT2D eigenvalue weighted by Gasteiger charge is -2.41. The Labute approximate surface area is 233 Å². The molecule has 6 rings (SSSR count). The summed E-state index contributed by atoms with van der Waals surface area (Å²) < 4.78 is 18.5. The van der Waals surface area contributed by atoms with Gasteiger partial charge in [0.1, 0.15) is 12.5 Å². The Morgan fingerprint density at radius 1 is 1.11 bits per heavy atom. The zero-order valence-corrected chi connectivity index (χ0v) is 23.0. The Hall–Kier alpha value is -3.16. The third-order valence-corrected chi connectivity index (χ3v) is 7.98. The van der Waals surface area contributed by atoms with Gasteiger partial charge in [-0.1, -0.05) is 12.1 Å². The molecule has 3 amide bonds. The molecule has 3 aliphatic rings. The molecule has 2 saturated heterocycles. The van der Waals surface area contributed by atoms with Gasteiger partial charge in [-0.25, -0.2) is 9.59 Å². The van der Waals surface area contributed by atoms with Crippen molar-refractivity contribution in [2.24, 2.45) is 0 Å². The smallest absolute Gasteiger partial charge is 0.347 e. The predicted octanol–water partition coefficient (Wildman–Crippen LogP) is 3.36. The molecule has 2 aromatic carbocycles. The maximum atomic E-state index is 13.2. The zero-order chi connectivity index (χ0) is 26.4. The van der Waals surface area contributed by atoms with Crippen LogP contribution in [0.5, 0.6) is 5.75 Å². The van der Waals surface area contributed by atoms with Crippen molar-refractivity contribution in [2.75, 3.05) is 46.6 Å². The second-order valence-corrected chi connectivity index (χ2v) is 10.2. The van der Waals surface area contributed by atoms with Crippen LogP contribution in [0.3, 0.4) is 0 Å². The summed E-state index contributed by atoms with van der Waals surface area (Å²) in [5.41, 5.74) is 4.35. The van der Waals surface area contributed by atoms with Crippen molar-refractivity contribution in [3.05, 3.63) is 64.8 Å². The largest absolute Gasteiger partial charge is 0.478 e. The Bertz CT molecular complexity index is 1420. The molecule has 0 spiro atoms. The van der Waals surface area contributed by atoms with Gasteiger partial charge in [-0.15, -0.1) is 0 Å². The molecule has 198 valence electrons. The van der Waals surface area contributed by atoms with E-state index in [4.69, 9.17) is 12.5 Å². The van der Waals surface area contributed by atoms with Crippen LogP contribution >= 0.6 is 23.0 Å². The van der Waals surface area contributed by atoms with E-state index in [0.29, 0.717) is 45.1 Å². The maximum absolute atomic E-state index is 13.2. The summed E-state index contributed by atoms with van der Waals surface area (Å²) >= 11 is 1.58. The first-order chi connectivity index (χ1) is 18.4. The molecule has 4 heterocycles. The average Bonchev–Trinajstić information content (AvgIpc) is 3.26. The molecule has 0 N–H and O–H groups in total. The summed E-state index contributed by atoms with van der Waals surface area (Å²) in [6.45, 7) is 4.84. The first-order valence-electron chi connectivity index (χ1n) is 12.5. The van der Waals surface area contributed by atoms with E-state index in [-0.39, 0.29) is 11.9 Å². The van der Waals surface area contributed by atoms with Crippen LogP contribution in [-0.2, 0) is 25.7 Å². The summed E-state index contributed by atoms with van der Waals surface area (Å²) in [6.07, 6.45) is 0. The van der Waals surface area contributed by atoms with Crippen molar-refractivity contribution in [3.8, 4) is 5.75 Å². The van der Waals surface area contributed by atoms with Crippen molar-refractivity contribution in [1.82, 2.24) is 19.3 Å². The van der Waals surface area contributed by atoms with Gasteiger partial charge in [-0.2, -0.15) is 0 Å². The van der Waals surface area contributed by atoms with Gasteiger partial charge in [0, 0.05) is 49.8 Å². The van der Waals surface area contributed by atoms with Gasteiger partial charge in [-0.05, 0) is 41.5 Å². The molecular formula is C27H27IN4O6. The molecule has 1 atom stereocenters. The fourth-order valence-electron chi connectivity index (χ4n) is 5.56. The fourth-order valence-corrected chi connectivity index (χ4v) is 5.81. The van der Waals surface area contributed by atoms with Crippen molar-refractivity contribution in [1.29, 1.82) is 0 Å². The standard InChI is InChI=1S/C27H27IN4O6/c1-29-25(33)21-14-31(27(29)35)15-23-24(21)20-12-19(37-16-30-8-10-36-11-9-30)6-7-22(20)32(23)13-17-2-4-18(5-3-17)26(34)38-28/h2-7,12,21H,8-11,13-16H2,1H3.